The Kier molecular flexibility index (Phi) is 2.37. The smallest absolute Gasteiger partial charge is 0.248 e. The Labute approximate surface area is 86.8 Å². The average Bonchev–Trinajstić information content (AvgIpc) is 2.27. The zero-order valence-electron chi connectivity index (χ0n) is 8.41. The lowest BCUT2D eigenvalue weighted by Crippen LogP contribution is -2.03. The van der Waals surface area contributed by atoms with Crippen LogP contribution < -0.4 is 5.56 Å². The fourth-order valence-corrected chi connectivity index (χ4v) is 1.53. The van der Waals surface area contributed by atoms with E-state index in [2.05, 4.69) is 4.98 Å². The zero-order chi connectivity index (χ0) is 10.8. The molecule has 1 N–H and O–H groups in total. The number of ketones is 1. The molecular weight excluding hydrogens is 190 g/mol. The van der Waals surface area contributed by atoms with Gasteiger partial charge in [-0.05, 0) is 29.7 Å². The van der Waals surface area contributed by atoms with Crippen molar-refractivity contribution in [2.45, 2.75) is 13.3 Å². The van der Waals surface area contributed by atoms with Gasteiger partial charge in [-0.3, -0.25) is 9.59 Å². The number of Topliss-reactive ketones (excluding diaryl/α,β-unsaturated/α-hetero) is 1. The summed E-state index contributed by atoms with van der Waals surface area (Å²) in [6.45, 7) is 1.83. The molecule has 3 nitrogen and oxygen atoms in total. The van der Waals surface area contributed by atoms with E-state index in [0.717, 1.165) is 10.9 Å². The zero-order valence-corrected chi connectivity index (χ0v) is 8.41. The van der Waals surface area contributed by atoms with Crippen LogP contribution in [-0.4, -0.2) is 10.8 Å². The van der Waals surface area contributed by atoms with Gasteiger partial charge in [0.15, 0.2) is 5.78 Å². The standard InChI is InChI=1S/C12H11NO2/c1-2-11(14)9-3-5-10-8(7-9)4-6-12(15)13-10/h3-7H,2H2,1H3,(H,13,15). The van der Waals surface area contributed by atoms with Crippen LogP contribution in [-0.2, 0) is 0 Å². The van der Waals surface area contributed by atoms with Gasteiger partial charge in [0.1, 0.15) is 0 Å². The summed E-state index contributed by atoms with van der Waals surface area (Å²) in [4.78, 5) is 25.2. The number of H-pyrrole nitrogens is 1. The maximum atomic E-state index is 11.5. The lowest BCUT2D eigenvalue weighted by atomic mass is 10.1. The molecule has 0 atom stereocenters. The molecule has 0 aliphatic carbocycles. The summed E-state index contributed by atoms with van der Waals surface area (Å²) in [6.07, 6.45) is 0.495. The van der Waals surface area contributed by atoms with Gasteiger partial charge < -0.3 is 4.98 Å². The highest BCUT2D eigenvalue weighted by molar-refractivity contribution is 5.99. The molecule has 0 saturated heterocycles. The van der Waals surface area contributed by atoms with Crippen LogP contribution in [0.2, 0.25) is 0 Å². The second-order valence-corrected chi connectivity index (χ2v) is 3.40. The van der Waals surface area contributed by atoms with Crippen molar-refractivity contribution in [1.82, 2.24) is 4.98 Å². The molecule has 0 unspecified atom stereocenters. The van der Waals surface area contributed by atoms with Gasteiger partial charge >= 0.3 is 0 Å². The first-order chi connectivity index (χ1) is 7.20. The highest BCUT2D eigenvalue weighted by Gasteiger charge is 2.03. The summed E-state index contributed by atoms with van der Waals surface area (Å²) in [7, 11) is 0. The number of carbonyl (C=O) groups is 1. The van der Waals surface area contributed by atoms with Crippen molar-refractivity contribution in [3.63, 3.8) is 0 Å². The van der Waals surface area contributed by atoms with Crippen molar-refractivity contribution in [2.24, 2.45) is 0 Å². The van der Waals surface area contributed by atoms with E-state index in [4.69, 9.17) is 0 Å². The Bertz CT molecular complexity index is 569. The van der Waals surface area contributed by atoms with Crippen LogP contribution in [0, 0.1) is 0 Å². The van der Waals surface area contributed by atoms with E-state index in [9.17, 15) is 9.59 Å². The number of hydrogen-bond donors (Lipinski definition) is 1. The maximum absolute atomic E-state index is 11.5. The van der Waals surface area contributed by atoms with Crippen molar-refractivity contribution in [1.29, 1.82) is 0 Å². The molecule has 2 rings (SSSR count). The average molecular weight is 201 g/mol. The predicted octanol–water partition coefficient (Wildman–Crippen LogP) is 2.12. The lowest BCUT2D eigenvalue weighted by Gasteiger charge is -2.00. The monoisotopic (exact) mass is 201 g/mol. The molecule has 1 aromatic carbocycles. The van der Waals surface area contributed by atoms with E-state index < -0.39 is 0 Å². The second kappa shape index (κ2) is 3.69. The van der Waals surface area contributed by atoms with Gasteiger partial charge in [0.2, 0.25) is 5.56 Å². The Morgan fingerprint density at radius 3 is 2.80 bits per heavy atom. The third-order valence-corrected chi connectivity index (χ3v) is 2.37. The number of hydrogen-bond acceptors (Lipinski definition) is 2. The number of carbonyl (C=O) groups excluding carboxylic acids is 1. The topological polar surface area (TPSA) is 49.9 Å². The minimum atomic E-state index is -0.128. The third-order valence-electron chi connectivity index (χ3n) is 2.37. The molecule has 2 aromatic rings. The highest BCUT2D eigenvalue weighted by Crippen LogP contribution is 2.13. The Balaban J connectivity index is 2.62. The van der Waals surface area contributed by atoms with E-state index in [0.29, 0.717) is 12.0 Å². The molecule has 1 aromatic heterocycles. The van der Waals surface area contributed by atoms with E-state index in [1.54, 1.807) is 24.3 Å². The first kappa shape index (κ1) is 9.65. The van der Waals surface area contributed by atoms with Crippen LogP contribution in [0.15, 0.2) is 35.1 Å². The quantitative estimate of drug-likeness (QED) is 0.756. The summed E-state index contributed by atoms with van der Waals surface area (Å²) in [5.74, 6) is 0.114. The SMILES string of the molecule is CCC(=O)c1ccc2[nH]c(=O)ccc2c1. The van der Waals surface area contributed by atoms with Crippen LogP contribution in [0.3, 0.4) is 0 Å². The number of fused-ring (bicyclic) bond motifs is 1. The third kappa shape index (κ3) is 1.81. The number of pyridine rings is 1. The summed E-state index contributed by atoms with van der Waals surface area (Å²) in [5, 5.41) is 0.883. The minimum Gasteiger partial charge on any atom is -0.322 e. The number of aromatic amines is 1. The van der Waals surface area contributed by atoms with Gasteiger partial charge in [0.05, 0.1) is 0 Å². The molecule has 0 spiro atoms. The van der Waals surface area contributed by atoms with E-state index in [1.807, 2.05) is 6.92 Å². The van der Waals surface area contributed by atoms with Crippen molar-refractivity contribution < 1.29 is 4.79 Å². The van der Waals surface area contributed by atoms with Crippen molar-refractivity contribution in [2.75, 3.05) is 0 Å². The predicted molar refractivity (Wildman–Crippen MR) is 59.2 cm³/mol. The van der Waals surface area contributed by atoms with Gasteiger partial charge in [-0.1, -0.05) is 6.92 Å². The van der Waals surface area contributed by atoms with Crippen LogP contribution in [0.25, 0.3) is 10.9 Å². The minimum absolute atomic E-state index is 0.114. The molecule has 15 heavy (non-hydrogen) atoms. The number of nitrogens with one attached hydrogen (secondary N) is 1. The number of aromatic nitrogens is 1. The van der Waals surface area contributed by atoms with Gasteiger partial charge in [-0.25, -0.2) is 0 Å². The molecule has 0 fully saturated rings. The summed E-state index contributed by atoms with van der Waals surface area (Å²) >= 11 is 0. The Morgan fingerprint density at radius 2 is 2.07 bits per heavy atom. The largest absolute Gasteiger partial charge is 0.322 e. The highest BCUT2D eigenvalue weighted by atomic mass is 16.1. The van der Waals surface area contributed by atoms with Crippen molar-refractivity contribution in [3.8, 4) is 0 Å². The molecule has 0 radical (unpaired) electrons. The fraction of sp³-hybridized carbons (Fsp3) is 0.167. The maximum Gasteiger partial charge on any atom is 0.248 e. The Morgan fingerprint density at radius 1 is 1.27 bits per heavy atom. The van der Waals surface area contributed by atoms with Gasteiger partial charge in [0.25, 0.3) is 0 Å². The van der Waals surface area contributed by atoms with Crippen LogP contribution in [0.1, 0.15) is 23.7 Å². The molecule has 76 valence electrons. The van der Waals surface area contributed by atoms with Crippen molar-refractivity contribution in [3.05, 3.63) is 46.2 Å². The summed E-state index contributed by atoms with van der Waals surface area (Å²) in [6, 6.07) is 8.49. The van der Waals surface area contributed by atoms with E-state index >= 15 is 0 Å². The number of rotatable bonds is 2. The normalized spacial score (nSPS) is 10.5. The number of benzene rings is 1. The van der Waals surface area contributed by atoms with Crippen LogP contribution in [0.5, 0.6) is 0 Å². The van der Waals surface area contributed by atoms with Gasteiger partial charge in [-0.15, -0.1) is 0 Å². The van der Waals surface area contributed by atoms with Crippen LogP contribution >= 0.6 is 0 Å². The second-order valence-electron chi connectivity index (χ2n) is 3.40. The summed E-state index contributed by atoms with van der Waals surface area (Å²) < 4.78 is 0. The fourth-order valence-electron chi connectivity index (χ4n) is 1.53. The first-order valence-corrected chi connectivity index (χ1v) is 4.87. The Hall–Kier alpha value is -1.90. The molecule has 0 aliphatic heterocycles. The molecule has 3 heteroatoms. The summed E-state index contributed by atoms with van der Waals surface area (Å²) in [5.41, 5.74) is 1.32. The molecule has 0 bridgehead atoms. The van der Waals surface area contributed by atoms with Gasteiger partial charge in [-0.2, -0.15) is 0 Å². The molecule has 0 saturated carbocycles. The van der Waals surface area contributed by atoms with E-state index in [1.165, 1.54) is 6.07 Å². The molecule has 0 aliphatic rings. The van der Waals surface area contributed by atoms with Crippen molar-refractivity contribution >= 4 is 16.7 Å². The van der Waals surface area contributed by atoms with E-state index in [-0.39, 0.29) is 11.3 Å². The van der Waals surface area contributed by atoms with Gasteiger partial charge in [0, 0.05) is 23.6 Å². The van der Waals surface area contributed by atoms with Crippen LogP contribution in [0.4, 0.5) is 0 Å². The molecule has 1 heterocycles. The molecular formula is C12H11NO2. The first-order valence-electron chi connectivity index (χ1n) is 4.87. The lowest BCUT2D eigenvalue weighted by molar-refractivity contribution is 0.0988. The molecule has 0 amide bonds.